The fourth-order valence-electron chi connectivity index (χ4n) is 6.19. The molecular formula is C36H21NO2. The first kappa shape index (κ1) is 20.7. The maximum absolute atomic E-state index is 6.10. The number of nitrogens with zero attached hydrogens (tertiary/aromatic N) is 1. The normalized spacial score (nSPS) is 12.1. The molecule has 0 saturated carbocycles. The molecule has 0 bridgehead atoms. The molecule has 39 heavy (non-hydrogen) atoms. The first-order valence-corrected chi connectivity index (χ1v) is 13.2. The van der Waals surface area contributed by atoms with Gasteiger partial charge in [-0.05, 0) is 71.8 Å². The van der Waals surface area contributed by atoms with Crippen molar-refractivity contribution in [2.75, 3.05) is 0 Å². The van der Waals surface area contributed by atoms with Gasteiger partial charge in [0, 0.05) is 38.0 Å². The Kier molecular flexibility index (Phi) is 4.05. The molecule has 3 heteroatoms. The SMILES string of the molecule is c1ccc2c(c1)oc1ccc(-c3ccc4c(c3)c3ccccc3n4-c3ccc4oc5ccccc5c4c3)cc12. The molecule has 0 N–H and O–H groups in total. The molecule has 0 radical (unpaired) electrons. The third-order valence-electron chi connectivity index (χ3n) is 8.00. The maximum Gasteiger partial charge on any atom is 0.135 e. The van der Waals surface area contributed by atoms with Crippen molar-refractivity contribution in [3.63, 3.8) is 0 Å². The molecule has 3 nitrogen and oxygen atoms in total. The van der Waals surface area contributed by atoms with E-state index in [9.17, 15) is 0 Å². The summed E-state index contributed by atoms with van der Waals surface area (Å²) in [7, 11) is 0. The van der Waals surface area contributed by atoms with Gasteiger partial charge in [-0.2, -0.15) is 0 Å². The lowest BCUT2D eigenvalue weighted by Gasteiger charge is -2.09. The zero-order valence-corrected chi connectivity index (χ0v) is 20.9. The van der Waals surface area contributed by atoms with Gasteiger partial charge in [0.2, 0.25) is 0 Å². The van der Waals surface area contributed by atoms with Crippen molar-refractivity contribution in [3.05, 3.63) is 127 Å². The summed E-state index contributed by atoms with van der Waals surface area (Å²) in [5.41, 5.74) is 9.52. The zero-order chi connectivity index (χ0) is 25.5. The van der Waals surface area contributed by atoms with Gasteiger partial charge in [0.1, 0.15) is 22.3 Å². The molecule has 0 amide bonds. The standard InChI is InChI=1S/C36H21NO2/c1-4-10-31-25(7-1)28-19-22(23-14-17-35-29(20-23)26-8-2-5-11-33(26)38-35)13-16-32(28)37(31)24-15-18-36-30(21-24)27-9-3-6-12-34(27)39-36/h1-21H. The number of aromatic nitrogens is 1. The summed E-state index contributed by atoms with van der Waals surface area (Å²) < 4.78 is 14.5. The molecule has 0 aliphatic carbocycles. The van der Waals surface area contributed by atoms with Crippen LogP contribution in [0, 0.1) is 0 Å². The number of furan rings is 2. The van der Waals surface area contributed by atoms with Gasteiger partial charge < -0.3 is 13.4 Å². The summed E-state index contributed by atoms with van der Waals surface area (Å²) in [6.07, 6.45) is 0. The van der Waals surface area contributed by atoms with Crippen LogP contribution in [0.2, 0.25) is 0 Å². The molecule has 0 spiro atoms. The molecule has 3 aromatic heterocycles. The predicted molar refractivity (Wildman–Crippen MR) is 161 cm³/mol. The lowest BCUT2D eigenvalue weighted by molar-refractivity contribution is 0.668. The van der Waals surface area contributed by atoms with E-state index < -0.39 is 0 Å². The summed E-state index contributed by atoms with van der Waals surface area (Å²) in [5, 5.41) is 7.03. The number of para-hydroxylation sites is 3. The Bertz CT molecular complexity index is 2400. The van der Waals surface area contributed by atoms with Crippen molar-refractivity contribution in [2.24, 2.45) is 0 Å². The Morgan fingerprint density at radius 3 is 1.62 bits per heavy atom. The van der Waals surface area contributed by atoms with Crippen LogP contribution < -0.4 is 0 Å². The third-order valence-corrected chi connectivity index (χ3v) is 8.00. The van der Waals surface area contributed by atoms with Crippen LogP contribution in [0.5, 0.6) is 0 Å². The second kappa shape index (κ2) is 7.62. The number of hydrogen-bond donors (Lipinski definition) is 0. The quantitative estimate of drug-likeness (QED) is 0.237. The molecule has 0 unspecified atom stereocenters. The lowest BCUT2D eigenvalue weighted by atomic mass is 10.0. The van der Waals surface area contributed by atoms with Gasteiger partial charge >= 0.3 is 0 Å². The van der Waals surface area contributed by atoms with E-state index >= 15 is 0 Å². The number of hydrogen-bond acceptors (Lipinski definition) is 2. The molecule has 0 fully saturated rings. The fraction of sp³-hybridized carbons (Fsp3) is 0. The highest BCUT2D eigenvalue weighted by Gasteiger charge is 2.16. The first-order valence-electron chi connectivity index (χ1n) is 13.2. The maximum atomic E-state index is 6.10. The van der Waals surface area contributed by atoms with Gasteiger partial charge in [0.15, 0.2) is 0 Å². The Balaban J connectivity index is 1.28. The van der Waals surface area contributed by atoms with Gasteiger partial charge in [0.25, 0.3) is 0 Å². The van der Waals surface area contributed by atoms with E-state index in [-0.39, 0.29) is 0 Å². The van der Waals surface area contributed by atoms with Gasteiger partial charge in [-0.15, -0.1) is 0 Å². The van der Waals surface area contributed by atoms with Crippen LogP contribution in [0.3, 0.4) is 0 Å². The van der Waals surface area contributed by atoms with Gasteiger partial charge in [0.05, 0.1) is 11.0 Å². The lowest BCUT2D eigenvalue weighted by Crippen LogP contribution is -1.93. The molecule has 0 aliphatic heterocycles. The van der Waals surface area contributed by atoms with Crippen LogP contribution in [-0.4, -0.2) is 4.57 Å². The number of fused-ring (bicyclic) bond motifs is 9. The Hall–Kier alpha value is -5.28. The summed E-state index contributed by atoms with van der Waals surface area (Å²) in [5.74, 6) is 0. The second-order valence-electron chi connectivity index (χ2n) is 10.2. The van der Waals surface area contributed by atoms with Gasteiger partial charge in [-0.1, -0.05) is 66.7 Å². The summed E-state index contributed by atoms with van der Waals surface area (Å²) in [6.45, 7) is 0. The van der Waals surface area contributed by atoms with E-state index in [4.69, 9.17) is 8.83 Å². The van der Waals surface area contributed by atoms with Crippen molar-refractivity contribution < 1.29 is 8.83 Å². The van der Waals surface area contributed by atoms with Crippen molar-refractivity contribution in [3.8, 4) is 16.8 Å². The molecule has 0 atom stereocenters. The number of rotatable bonds is 2. The molecule has 3 heterocycles. The number of benzene rings is 6. The van der Waals surface area contributed by atoms with E-state index in [1.54, 1.807) is 0 Å². The molecule has 182 valence electrons. The fourth-order valence-corrected chi connectivity index (χ4v) is 6.19. The second-order valence-corrected chi connectivity index (χ2v) is 10.2. The van der Waals surface area contributed by atoms with Crippen molar-refractivity contribution >= 4 is 65.7 Å². The largest absolute Gasteiger partial charge is 0.456 e. The van der Waals surface area contributed by atoms with E-state index in [1.807, 2.05) is 24.3 Å². The van der Waals surface area contributed by atoms with E-state index in [2.05, 4.69) is 108 Å². The van der Waals surface area contributed by atoms with E-state index in [0.717, 1.165) is 49.6 Å². The van der Waals surface area contributed by atoms with Crippen LogP contribution in [0.15, 0.2) is 136 Å². The third kappa shape index (κ3) is 2.93. The minimum absolute atomic E-state index is 0.908. The molecule has 0 saturated heterocycles. The highest BCUT2D eigenvalue weighted by molar-refractivity contribution is 6.12. The smallest absolute Gasteiger partial charge is 0.135 e. The van der Waals surface area contributed by atoms with Crippen LogP contribution in [0.1, 0.15) is 0 Å². The molecule has 9 aromatic rings. The summed E-state index contributed by atoms with van der Waals surface area (Å²) in [4.78, 5) is 0. The molecule has 9 rings (SSSR count). The summed E-state index contributed by atoms with van der Waals surface area (Å²) >= 11 is 0. The van der Waals surface area contributed by atoms with Crippen LogP contribution >= 0.6 is 0 Å². The average Bonchev–Trinajstić information content (AvgIpc) is 3.65. The first-order chi connectivity index (χ1) is 19.3. The monoisotopic (exact) mass is 499 g/mol. The van der Waals surface area contributed by atoms with E-state index in [1.165, 1.54) is 32.9 Å². The van der Waals surface area contributed by atoms with Crippen LogP contribution in [-0.2, 0) is 0 Å². The van der Waals surface area contributed by atoms with Gasteiger partial charge in [-0.25, -0.2) is 0 Å². The van der Waals surface area contributed by atoms with Crippen molar-refractivity contribution in [1.82, 2.24) is 4.57 Å². The minimum atomic E-state index is 0.908. The summed E-state index contributed by atoms with van der Waals surface area (Å²) in [6, 6.07) is 44.9. The highest BCUT2D eigenvalue weighted by Crippen LogP contribution is 2.38. The van der Waals surface area contributed by atoms with Crippen molar-refractivity contribution in [2.45, 2.75) is 0 Å². The predicted octanol–water partition coefficient (Wildman–Crippen LogP) is 10.2. The average molecular weight is 500 g/mol. The Labute approximate surface area is 223 Å². The van der Waals surface area contributed by atoms with Crippen LogP contribution in [0.25, 0.3) is 82.5 Å². The highest BCUT2D eigenvalue weighted by atomic mass is 16.3. The topological polar surface area (TPSA) is 31.2 Å². The van der Waals surface area contributed by atoms with E-state index in [0.29, 0.717) is 0 Å². The van der Waals surface area contributed by atoms with Crippen LogP contribution in [0.4, 0.5) is 0 Å². The molecular weight excluding hydrogens is 478 g/mol. The zero-order valence-electron chi connectivity index (χ0n) is 20.9. The minimum Gasteiger partial charge on any atom is -0.456 e. The molecule has 0 aliphatic rings. The van der Waals surface area contributed by atoms with Gasteiger partial charge in [-0.3, -0.25) is 0 Å². The Morgan fingerprint density at radius 1 is 0.359 bits per heavy atom. The molecule has 6 aromatic carbocycles. The Morgan fingerprint density at radius 2 is 0.872 bits per heavy atom. The van der Waals surface area contributed by atoms with Crippen molar-refractivity contribution in [1.29, 1.82) is 0 Å².